The molecule has 0 aliphatic carbocycles. The standard InChI is InChI=1S/C17H23N3O3/c1-11(2)23-16-8-6-7-15(18-16)17(21)22-10-9-14-12(3)19-20(5)13(14)4/h6-8,11H,9-10H2,1-5H3. The first kappa shape index (κ1) is 17.0. The van der Waals surface area contributed by atoms with E-state index in [1.54, 1.807) is 18.2 Å². The lowest BCUT2D eigenvalue weighted by molar-refractivity contribution is 0.0500. The number of aryl methyl sites for hydroxylation is 2. The largest absolute Gasteiger partial charge is 0.475 e. The van der Waals surface area contributed by atoms with Crippen LogP contribution < -0.4 is 4.74 Å². The van der Waals surface area contributed by atoms with Gasteiger partial charge in [-0.15, -0.1) is 0 Å². The minimum atomic E-state index is -0.446. The van der Waals surface area contributed by atoms with E-state index >= 15 is 0 Å². The van der Waals surface area contributed by atoms with Crippen LogP contribution >= 0.6 is 0 Å². The lowest BCUT2D eigenvalue weighted by Crippen LogP contribution is -2.12. The van der Waals surface area contributed by atoms with E-state index in [1.807, 2.05) is 39.4 Å². The highest BCUT2D eigenvalue weighted by Gasteiger charge is 2.13. The predicted molar refractivity (Wildman–Crippen MR) is 86.7 cm³/mol. The Morgan fingerprint density at radius 3 is 2.65 bits per heavy atom. The Labute approximate surface area is 136 Å². The van der Waals surface area contributed by atoms with Gasteiger partial charge in [-0.25, -0.2) is 9.78 Å². The highest BCUT2D eigenvalue weighted by Crippen LogP contribution is 2.14. The van der Waals surface area contributed by atoms with Crippen molar-refractivity contribution in [3.8, 4) is 5.88 Å². The number of hydrogen-bond acceptors (Lipinski definition) is 5. The number of aromatic nitrogens is 3. The van der Waals surface area contributed by atoms with Gasteiger partial charge in [-0.05, 0) is 39.3 Å². The maximum Gasteiger partial charge on any atom is 0.357 e. The summed E-state index contributed by atoms with van der Waals surface area (Å²) in [5.41, 5.74) is 3.42. The second-order valence-electron chi connectivity index (χ2n) is 5.69. The van der Waals surface area contributed by atoms with Crippen molar-refractivity contribution in [3.05, 3.63) is 40.8 Å². The summed E-state index contributed by atoms with van der Waals surface area (Å²) in [5.74, 6) is -0.0215. The fraction of sp³-hybridized carbons (Fsp3) is 0.471. The molecule has 6 heteroatoms. The van der Waals surface area contributed by atoms with Crippen molar-refractivity contribution in [2.45, 2.75) is 40.2 Å². The van der Waals surface area contributed by atoms with Gasteiger partial charge in [-0.2, -0.15) is 5.10 Å². The van der Waals surface area contributed by atoms with Crippen molar-refractivity contribution in [1.82, 2.24) is 14.8 Å². The number of rotatable bonds is 6. The average Bonchev–Trinajstić information content (AvgIpc) is 2.73. The topological polar surface area (TPSA) is 66.2 Å². The normalized spacial score (nSPS) is 10.9. The van der Waals surface area contributed by atoms with E-state index in [2.05, 4.69) is 10.1 Å². The Hall–Kier alpha value is -2.37. The molecule has 124 valence electrons. The van der Waals surface area contributed by atoms with Crippen LogP contribution in [0.1, 0.15) is 41.3 Å². The summed E-state index contributed by atoms with van der Waals surface area (Å²) in [4.78, 5) is 16.3. The summed E-state index contributed by atoms with van der Waals surface area (Å²) in [6.45, 7) is 8.07. The first-order valence-corrected chi connectivity index (χ1v) is 7.68. The van der Waals surface area contributed by atoms with Crippen LogP contribution in [0.4, 0.5) is 0 Å². The highest BCUT2D eigenvalue weighted by atomic mass is 16.5. The molecular formula is C17H23N3O3. The van der Waals surface area contributed by atoms with Crippen LogP contribution in [0.3, 0.4) is 0 Å². The summed E-state index contributed by atoms with van der Waals surface area (Å²) in [7, 11) is 1.90. The molecule has 2 rings (SSSR count). The SMILES string of the molecule is Cc1nn(C)c(C)c1CCOC(=O)c1cccc(OC(C)C)n1. The molecular weight excluding hydrogens is 294 g/mol. The molecule has 0 atom stereocenters. The summed E-state index contributed by atoms with van der Waals surface area (Å²) in [6.07, 6.45) is 0.643. The molecule has 2 aromatic rings. The van der Waals surface area contributed by atoms with Crippen molar-refractivity contribution in [2.75, 3.05) is 6.61 Å². The van der Waals surface area contributed by atoms with E-state index in [9.17, 15) is 4.79 Å². The zero-order valence-corrected chi connectivity index (χ0v) is 14.3. The lowest BCUT2D eigenvalue weighted by Gasteiger charge is -2.09. The number of pyridine rings is 1. The van der Waals surface area contributed by atoms with Gasteiger partial charge in [0.1, 0.15) is 0 Å². The number of ether oxygens (including phenoxy) is 2. The first-order valence-electron chi connectivity index (χ1n) is 7.68. The zero-order valence-electron chi connectivity index (χ0n) is 14.3. The smallest absolute Gasteiger partial charge is 0.357 e. The summed E-state index contributed by atoms with van der Waals surface area (Å²) in [6, 6.07) is 5.08. The number of nitrogens with zero attached hydrogens (tertiary/aromatic N) is 3. The molecule has 0 saturated carbocycles. The number of carbonyl (C=O) groups excluding carboxylic acids is 1. The van der Waals surface area contributed by atoms with E-state index in [0.29, 0.717) is 18.9 Å². The number of carbonyl (C=O) groups is 1. The van der Waals surface area contributed by atoms with Gasteiger partial charge in [0.2, 0.25) is 5.88 Å². The van der Waals surface area contributed by atoms with Gasteiger partial charge in [0.15, 0.2) is 5.69 Å². The average molecular weight is 317 g/mol. The molecule has 0 aliphatic heterocycles. The predicted octanol–water partition coefficient (Wildman–Crippen LogP) is 2.62. The lowest BCUT2D eigenvalue weighted by atomic mass is 10.1. The van der Waals surface area contributed by atoms with Crippen molar-refractivity contribution in [1.29, 1.82) is 0 Å². The molecule has 0 radical (unpaired) electrons. The zero-order chi connectivity index (χ0) is 17.0. The molecule has 0 aliphatic rings. The Balaban J connectivity index is 1.94. The van der Waals surface area contributed by atoms with Crippen LogP contribution in [-0.4, -0.2) is 33.4 Å². The molecule has 0 saturated heterocycles. The van der Waals surface area contributed by atoms with Crippen LogP contribution in [0.5, 0.6) is 5.88 Å². The van der Waals surface area contributed by atoms with Crippen LogP contribution in [0.25, 0.3) is 0 Å². The molecule has 23 heavy (non-hydrogen) atoms. The minimum absolute atomic E-state index is 0.00491. The van der Waals surface area contributed by atoms with Gasteiger partial charge >= 0.3 is 5.97 Å². The van der Waals surface area contributed by atoms with E-state index in [4.69, 9.17) is 9.47 Å². The Morgan fingerprint density at radius 1 is 1.30 bits per heavy atom. The van der Waals surface area contributed by atoms with Crippen LogP contribution in [-0.2, 0) is 18.2 Å². The first-order chi connectivity index (χ1) is 10.9. The maximum absolute atomic E-state index is 12.1. The third-order valence-corrected chi connectivity index (χ3v) is 3.53. The summed E-state index contributed by atoms with van der Waals surface area (Å²) >= 11 is 0. The molecule has 0 aromatic carbocycles. The van der Waals surface area contributed by atoms with Gasteiger partial charge in [-0.1, -0.05) is 6.07 Å². The van der Waals surface area contributed by atoms with Crippen molar-refractivity contribution < 1.29 is 14.3 Å². The fourth-order valence-electron chi connectivity index (χ4n) is 2.33. The Bertz CT molecular complexity index is 692. The van der Waals surface area contributed by atoms with Gasteiger partial charge in [-0.3, -0.25) is 4.68 Å². The molecule has 0 spiro atoms. The van der Waals surface area contributed by atoms with E-state index < -0.39 is 5.97 Å². The summed E-state index contributed by atoms with van der Waals surface area (Å²) < 4.78 is 12.6. The van der Waals surface area contributed by atoms with Gasteiger partial charge in [0.25, 0.3) is 0 Å². The molecule has 0 unspecified atom stereocenters. The van der Waals surface area contributed by atoms with Gasteiger partial charge in [0, 0.05) is 25.2 Å². The van der Waals surface area contributed by atoms with E-state index in [1.165, 1.54) is 0 Å². The van der Waals surface area contributed by atoms with E-state index in [0.717, 1.165) is 17.0 Å². The molecule has 0 amide bonds. The van der Waals surface area contributed by atoms with Crippen LogP contribution in [0.15, 0.2) is 18.2 Å². The minimum Gasteiger partial charge on any atom is -0.475 e. The Morgan fingerprint density at radius 2 is 2.04 bits per heavy atom. The number of esters is 1. The molecule has 2 heterocycles. The molecule has 0 bridgehead atoms. The van der Waals surface area contributed by atoms with Gasteiger partial charge < -0.3 is 9.47 Å². The second kappa shape index (κ2) is 7.26. The Kier molecular flexibility index (Phi) is 5.36. The van der Waals surface area contributed by atoms with Gasteiger partial charge in [0.05, 0.1) is 18.4 Å². The molecule has 0 fully saturated rings. The van der Waals surface area contributed by atoms with Crippen LogP contribution in [0, 0.1) is 13.8 Å². The maximum atomic E-state index is 12.1. The summed E-state index contributed by atoms with van der Waals surface area (Å²) in [5, 5.41) is 4.35. The molecule has 6 nitrogen and oxygen atoms in total. The third kappa shape index (κ3) is 4.31. The molecule has 0 N–H and O–H groups in total. The number of hydrogen-bond donors (Lipinski definition) is 0. The van der Waals surface area contributed by atoms with Crippen molar-refractivity contribution in [3.63, 3.8) is 0 Å². The monoisotopic (exact) mass is 317 g/mol. The fourth-order valence-corrected chi connectivity index (χ4v) is 2.33. The third-order valence-electron chi connectivity index (χ3n) is 3.53. The second-order valence-corrected chi connectivity index (χ2v) is 5.69. The van der Waals surface area contributed by atoms with Crippen LogP contribution in [0.2, 0.25) is 0 Å². The van der Waals surface area contributed by atoms with E-state index in [-0.39, 0.29) is 11.8 Å². The highest BCUT2D eigenvalue weighted by molar-refractivity contribution is 5.87. The molecule has 2 aromatic heterocycles. The van der Waals surface area contributed by atoms with Crippen molar-refractivity contribution >= 4 is 5.97 Å². The quantitative estimate of drug-likeness (QED) is 0.766. The van der Waals surface area contributed by atoms with Crippen molar-refractivity contribution in [2.24, 2.45) is 7.05 Å².